The number of aldehydes is 1. The second-order valence-corrected chi connectivity index (χ2v) is 5.70. The van der Waals surface area contributed by atoms with Crippen LogP contribution in [0.3, 0.4) is 0 Å². The fourth-order valence-corrected chi connectivity index (χ4v) is 2.96. The van der Waals surface area contributed by atoms with Crippen LogP contribution in [0.2, 0.25) is 0 Å². The summed E-state index contributed by atoms with van der Waals surface area (Å²) in [4.78, 5) is 16.1. The molecule has 23 heavy (non-hydrogen) atoms. The van der Waals surface area contributed by atoms with E-state index < -0.39 is 0 Å². The van der Waals surface area contributed by atoms with Gasteiger partial charge in [-0.15, -0.1) is 0 Å². The standard InChI is InChI=1S/C18H19FN2O2/c19-14-4-5-16-15(6-8-21-23-18(16)11-14)12-2-1-3-13(10-12)17(20)7-9-22/h1-5,9-11,15,17,21H,6-8,20H2/t15?,17-/m0/s1. The van der Waals surface area contributed by atoms with E-state index in [2.05, 4.69) is 5.48 Å². The minimum atomic E-state index is -0.326. The summed E-state index contributed by atoms with van der Waals surface area (Å²) in [6.07, 6.45) is 1.95. The number of rotatable bonds is 4. The van der Waals surface area contributed by atoms with Crippen LogP contribution >= 0.6 is 0 Å². The second kappa shape index (κ2) is 6.89. The van der Waals surface area contributed by atoms with Gasteiger partial charge in [-0.05, 0) is 23.6 Å². The Morgan fingerprint density at radius 2 is 2.22 bits per heavy atom. The summed E-state index contributed by atoms with van der Waals surface area (Å²) in [6.45, 7) is 0.658. The average Bonchev–Trinajstić information content (AvgIpc) is 2.77. The van der Waals surface area contributed by atoms with Gasteiger partial charge in [0, 0.05) is 36.6 Å². The van der Waals surface area contributed by atoms with Gasteiger partial charge in [0.25, 0.3) is 0 Å². The van der Waals surface area contributed by atoms with Crippen LogP contribution < -0.4 is 16.1 Å². The first-order valence-corrected chi connectivity index (χ1v) is 7.67. The summed E-state index contributed by atoms with van der Waals surface area (Å²) in [5, 5.41) is 0. The van der Waals surface area contributed by atoms with Crippen LogP contribution in [0.15, 0.2) is 42.5 Å². The third-order valence-corrected chi connectivity index (χ3v) is 4.16. The number of nitrogens with two attached hydrogens (primary N) is 1. The zero-order chi connectivity index (χ0) is 16.2. The Morgan fingerprint density at radius 1 is 1.35 bits per heavy atom. The maximum atomic E-state index is 13.5. The number of nitrogens with one attached hydrogen (secondary N) is 1. The number of benzene rings is 2. The SMILES string of the molecule is N[C@@H](CC=O)c1cccc(C2CCNOc3cc(F)ccc32)c1. The highest BCUT2D eigenvalue weighted by atomic mass is 19.1. The molecular weight excluding hydrogens is 295 g/mol. The lowest BCUT2D eigenvalue weighted by atomic mass is 9.86. The van der Waals surface area contributed by atoms with Gasteiger partial charge in [-0.3, -0.25) is 0 Å². The molecule has 0 saturated carbocycles. The normalized spacial score (nSPS) is 18.4. The van der Waals surface area contributed by atoms with Crippen LogP contribution in [0.1, 0.15) is 41.5 Å². The van der Waals surface area contributed by atoms with Gasteiger partial charge in [0.15, 0.2) is 5.75 Å². The van der Waals surface area contributed by atoms with Gasteiger partial charge >= 0.3 is 0 Å². The fraction of sp³-hybridized carbons (Fsp3) is 0.278. The summed E-state index contributed by atoms with van der Waals surface area (Å²) in [5.41, 5.74) is 11.8. The van der Waals surface area contributed by atoms with Crippen molar-refractivity contribution in [2.45, 2.75) is 24.8 Å². The smallest absolute Gasteiger partial charge is 0.153 e. The Labute approximate surface area is 134 Å². The number of hydroxylamine groups is 1. The van der Waals surface area contributed by atoms with E-state index in [4.69, 9.17) is 10.6 Å². The lowest BCUT2D eigenvalue weighted by Crippen LogP contribution is -2.18. The van der Waals surface area contributed by atoms with Crippen molar-refractivity contribution in [3.05, 3.63) is 65.0 Å². The largest absolute Gasteiger partial charge is 0.408 e. The van der Waals surface area contributed by atoms with E-state index in [-0.39, 0.29) is 17.8 Å². The van der Waals surface area contributed by atoms with Gasteiger partial charge < -0.3 is 15.4 Å². The number of hydrogen-bond acceptors (Lipinski definition) is 4. The van der Waals surface area contributed by atoms with E-state index in [0.29, 0.717) is 18.7 Å². The third kappa shape index (κ3) is 3.41. The first-order chi connectivity index (χ1) is 11.2. The zero-order valence-corrected chi connectivity index (χ0v) is 12.7. The van der Waals surface area contributed by atoms with E-state index in [1.165, 1.54) is 12.1 Å². The lowest BCUT2D eigenvalue weighted by molar-refractivity contribution is -0.108. The molecular formula is C18H19FN2O2. The van der Waals surface area contributed by atoms with Crippen molar-refractivity contribution in [3.8, 4) is 5.75 Å². The highest BCUT2D eigenvalue weighted by Gasteiger charge is 2.22. The van der Waals surface area contributed by atoms with Crippen LogP contribution in [0, 0.1) is 5.82 Å². The van der Waals surface area contributed by atoms with E-state index in [9.17, 15) is 9.18 Å². The molecule has 2 aromatic carbocycles. The third-order valence-electron chi connectivity index (χ3n) is 4.16. The van der Waals surface area contributed by atoms with Crippen molar-refractivity contribution >= 4 is 6.29 Å². The molecule has 0 radical (unpaired) electrons. The molecule has 2 atom stereocenters. The summed E-state index contributed by atoms with van der Waals surface area (Å²) in [5.74, 6) is 0.270. The van der Waals surface area contributed by atoms with Crippen LogP contribution in [0.4, 0.5) is 4.39 Å². The van der Waals surface area contributed by atoms with Crippen LogP contribution in [0.5, 0.6) is 5.75 Å². The molecule has 0 aliphatic carbocycles. The molecule has 0 spiro atoms. The van der Waals surface area contributed by atoms with E-state index in [1.807, 2.05) is 24.3 Å². The Balaban J connectivity index is 1.98. The van der Waals surface area contributed by atoms with Gasteiger partial charge in [0.05, 0.1) is 0 Å². The molecule has 4 nitrogen and oxygen atoms in total. The summed E-state index contributed by atoms with van der Waals surface area (Å²) in [7, 11) is 0. The van der Waals surface area contributed by atoms with E-state index >= 15 is 0 Å². The lowest BCUT2D eigenvalue weighted by Gasteiger charge is -2.18. The van der Waals surface area contributed by atoms with Gasteiger partial charge in [0.2, 0.25) is 0 Å². The Bertz CT molecular complexity index is 705. The van der Waals surface area contributed by atoms with Gasteiger partial charge in [-0.2, -0.15) is 5.48 Å². The maximum Gasteiger partial charge on any atom is 0.153 e. The zero-order valence-electron chi connectivity index (χ0n) is 12.7. The van der Waals surface area contributed by atoms with Crippen molar-refractivity contribution in [2.75, 3.05) is 6.54 Å². The predicted octanol–water partition coefficient (Wildman–Crippen LogP) is 2.83. The molecule has 0 fully saturated rings. The van der Waals surface area contributed by atoms with Crippen LogP contribution in [0.25, 0.3) is 0 Å². The molecule has 0 aromatic heterocycles. The number of fused-ring (bicyclic) bond motifs is 1. The van der Waals surface area contributed by atoms with Crippen molar-refractivity contribution in [1.29, 1.82) is 0 Å². The molecule has 1 aliphatic heterocycles. The maximum absolute atomic E-state index is 13.5. The molecule has 120 valence electrons. The number of hydrogen-bond donors (Lipinski definition) is 2. The topological polar surface area (TPSA) is 64.4 Å². The monoisotopic (exact) mass is 314 g/mol. The van der Waals surface area contributed by atoms with Crippen LogP contribution in [-0.4, -0.2) is 12.8 Å². The minimum Gasteiger partial charge on any atom is -0.408 e. The summed E-state index contributed by atoms with van der Waals surface area (Å²) in [6, 6.07) is 12.2. The number of carbonyl (C=O) groups excluding carboxylic acids is 1. The molecule has 1 heterocycles. The molecule has 3 N–H and O–H groups in total. The summed E-state index contributed by atoms with van der Waals surface area (Å²) < 4.78 is 13.5. The van der Waals surface area contributed by atoms with E-state index in [1.54, 1.807) is 6.07 Å². The van der Waals surface area contributed by atoms with Gasteiger partial charge in [-0.25, -0.2) is 4.39 Å². The molecule has 3 rings (SSSR count). The van der Waals surface area contributed by atoms with Crippen molar-refractivity contribution < 1.29 is 14.0 Å². The molecule has 0 saturated heterocycles. The minimum absolute atomic E-state index is 0.0870. The second-order valence-electron chi connectivity index (χ2n) is 5.70. The Kier molecular flexibility index (Phi) is 4.69. The molecule has 0 amide bonds. The predicted molar refractivity (Wildman–Crippen MR) is 85.5 cm³/mol. The molecule has 1 unspecified atom stereocenters. The molecule has 5 heteroatoms. The van der Waals surface area contributed by atoms with Crippen LogP contribution in [-0.2, 0) is 4.79 Å². The number of carbonyl (C=O) groups is 1. The highest BCUT2D eigenvalue weighted by molar-refractivity contribution is 5.52. The number of halogens is 1. The molecule has 0 bridgehead atoms. The molecule has 2 aromatic rings. The van der Waals surface area contributed by atoms with Gasteiger partial charge in [0.1, 0.15) is 12.1 Å². The van der Waals surface area contributed by atoms with Crippen molar-refractivity contribution in [3.63, 3.8) is 0 Å². The summed E-state index contributed by atoms with van der Waals surface area (Å²) >= 11 is 0. The fourth-order valence-electron chi connectivity index (χ4n) is 2.96. The van der Waals surface area contributed by atoms with E-state index in [0.717, 1.165) is 29.4 Å². The van der Waals surface area contributed by atoms with Crippen molar-refractivity contribution in [2.24, 2.45) is 5.73 Å². The Hall–Kier alpha value is -2.24. The first kappa shape index (κ1) is 15.6. The van der Waals surface area contributed by atoms with Gasteiger partial charge in [-0.1, -0.05) is 30.3 Å². The first-order valence-electron chi connectivity index (χ1n) is 7.67. The molecule has 1 aliphatic rings. The van der Waals surface area contributed by atoms with Crippen molar-refractivity contribution in [1.82, 2.24) is 5.48 Å². The average molecular weight is 314 g/mol. The Morgan fingerprint density at radius 3 is 3.04 bits per heavy atom. The highest BCUT2D eigenvalue weighted by Crippen LogP contribution is 2.36. The quantitative estimate of drug-likeness (QED) is 0.852.